The lowest BCUT2D eigenvalue weighted by molar-refractivity contribution is 0.0971. The highest BCUT2D eigenvalue weighted by Gasteiger charge is 2.40. The summed E-state index contributed by atoms with van der Waals surface area (Å²) in [6.45, 7) is -0.321. The third-order valence-electron chi connectivity index (χ3n) is 5.82. The molecule has 4 rings (SSSR count). The summed E-state index contributed by atoms with van der Waals surface area (Å²) in [4.78, 5) is 26.3. The van der Waals surface area contributed by atoms with Gasteiger partial charge in [-0.05, 0) is 25.3 Å². The second kappa shape index (κ2) is 6.89. The van der Waals surface area contributed by atoms with Gasteiger partial charge in [0.05, 0.1) is 36.1 Å². The van der Waals surface area contributed by atoms with E-state index in [2.05, 4.69) is 5.10 Å². The predicted molar refractivity (Wildman–Crippen MR) is 104 cm³/mol. The molecule has 5 N–H and O–H groups in total. The van der Waals surface area contributed by atoms with Crippen molar-refractivity contribution in [2.45, 2.75) is 19.3 Å². The third-order valence-corrected chi connectivity index (χ3v) is 5.82. The van der Waals surface area contributed by atoms with E-state index in [1.54, 1.807) is 12.1 Å². The van der Waals surface area contributed by atoms with Crippen molar-refractivity contribution in [3.8, 4) is 17.2 Å². The predicted octanol–water partition coefficient (Wildman–Crippen LogP) is 1.29. The lowest BCUT2D eigenvalue weighted by Gasteiger charge is -2.30. The quantitative estimate of drug-likeness (QED) is 0.226. The minimum Gasteiger partial charge on any atom is -0.507 e. The largest absolute Gasteiger partial charge is 0.507 e. The van der Waals surface area contributed by atoms with E-state index in [1.165, 1.54) is 13.2 Å². The number of hydrogen-bond acceptors (Lipinski definition) is 8. The summed E-state index contributed by atoms with van der Waals surface area (Å²) in [5.74, 6) is 3.60. The number of aromatic hydroxyl groups is 2. The van der Waals surface area contributed by atoms with Gasteiger partial charge in [-0.25, -0.2) is 0 Å². The summed E-state index contributed by atoms with van der Waals surface area (Å²) in [6.07, 6.45) is 1.11. The SMILES string of the molecule is COc1cccc2c1C(=O)c1c(O)c3c(c(O)c1C2=O)C[C@@H](/C(CO)=N/N)CC3. The van der Waals surface area contributed by atoms with Crippen LogP contribution >= 0.6 is 0 Å². The summed E-state index contributed by atoms with van der Waals surface area (Å²) in [7, 11) is 1.39. The summed E-state index contributed by atoms with van der Waals surface area (Å²) >= 11 is 0. The van der Waals surface area contributed by atoms with Gasteiger partial charge in [0.2, 0.25) is 5.78 Å². The first-order valence-electron chi connectivity index (χ1n) is 9.18. The Morgan fingerprint density at radius 3 is 2.48 bits per heavy atom. The number of fused-ring (bicyclic) bond motifs is 3. The summed E-state index contributed by atoms with van der Waals surface area (Å²) in [5, 5.41) is 34.9. The van der Waals surface area contributed by atoms with Gasteiger partial charge in [-0.2, -0.15) is 5.10 Å². The number of hydrogen-bond donors (Lipinski definition) is 4. The van der Waals surface area contributed by atoms with Crippen molar-refractivity contribution in [3.63, 3.8) is 0 Å². The van der Waals surface area contributed by atoms with E-state index in [0.717, 1.165) is 0 Å². The van der Waals surface area contributed by atoms with Crippen LogP contribution in [0.1, 0.15) is 49.4 Å². The number of aliphatic hydroxyl groups is 1. The van der Waals surface area contributed by atoms with Crippen LogP contribution in [0.4, 0.5) is 0 Å². The number of rotatable bonds is 3. The van der Waals surface area contributed by atoms with Crippen LogP contribution in [0, 0.1) is 5.92 Å². The Hall–Kier alpha value is -3.39. The molecular formula is C21H20N2O6. The van der Waals surface area contributed by atoms with Gasteiger partial charge in [0.25, 0.3) is 0 Å². The number of ketones is 2. The minimum atomic E-state index is -0.565. The van der Waals surface area contributed by atoms with Gasteiger partial charge in [-0.3, -0.25) is 9.59 Å². The van der Waals surface area contributed by atoms with E-state index in [-0.39, 0.29) is 58.4 Å². The number of carbonyl (C=O) groups excluding carboxylic acids is 2. The molecule has 0 aliphatic heterocycles. The second-order valence-corrected chi connectivity index (χ2v) is 7.16. The average molecular weight is 396 g/mol. The number of benzene rings is 2. The van der Waals surface area contributed by atoms with Crippen LogP contribution in [-0.2, 0) is 12.8 Å². The molecule has 1 atom stereocenters. The fourth-order valence-electron chi connectivity index (χ4n) is 4.37. The molecule has 0 saturated carbocycles. The summed E-state index contributed by atoms with van der Waals surface area (Å²) < 4.78 is 5.23. The lowest BCUT2D eigenvalue weighted by atomic mass is 9.74. The molecule has 29 heavy (non-hydrogen) atoms. The normalized spacial score (nSPS) is 18.1. The van der Waals surface area contributed by atoms with Crippen molar-refractivity contribution < 1.29 is 29.6 Å². The highest BCUT2D eigenvalue weighted by atomic mass is 16.5. The molecule has 0 amide bonds. The number of nitrogens with two attached hydrogens (primary N) is 1. The molecule has 2 aliphatic carbocycles. The number of phenolic OH excluding ortho intramolecular Hbond substituents is 2. The molecule has 0 heterocycles. The molecule has 0 radical (unpaired) electrons. The monoisotopic (exact) mass is 396 g/mol. The minimum absolute atomic E-state index is 0.0775. The molecule has 0 bridgehead atoms. The van der Waals surface area contributed by atoms with Crippen molar-refractivity contribution >= 4 is 17.3 Å². The van der Waals surface area contributed by atoms with Gasteiger partial charge in [-0.15, -0.1) is 0 Å². The van der Waals surface area contributed by atoms with Gasteiger partial charge in [0.1, 0.15) is 17.2 Å². The smallest absolute Gasteiger partial charge is 0.202 e. The van der Waals surface area contributed by atoms with E-state index in [0.29, 0.717) is 29.7 Å². The topological polar surface area (TPSA) is 142 Å². The second-order valence-electron chi connectivity index (χ2n) is 7.16. The number of hydrazone groups is 1. The fraction of sp³-hybridized carbons (Fsp3) is 0.286. The number of ether oxygens (including phenoxy) is 1. The Bertz CT molecular complexity index is 1090. The molecule has 2 aromatic rings. The van der Waals surface area contributed by atoms with Crippen molar-refractivity contribution in [3.05, 3.63) is 51.6 Å². The maximum Gasteiger partial charge on any atom is 0.202 e. The zero-order chi connectivity index (χ0) is 20.9. The van der Waals surface area contributed by atoms with E-state index in [1.807, 2.05) is 0 Å². The molecular weight excluding hydrogens is 376 g/mol. The van der Waals surface area contributed by atoms with Crippen LogP contribution < -0.4 is 10.6 Å². The van der Waals surface area contributed by atoms with Gasteiger partial charge < -0.3 is 25.9 Å². The number of nitrogens with zero attached hydrogens (tertiary/aromatic N) is 1. The molecule has 2 aromatic carbocycles. The molecule has 0 fully saturated rings. The maximum absolute atomic E-state index is 13.2. The lowest BCUT2D eigenvalue weighted by Crippen LogP contribution is -2.28. The first kappa shape index (κ1) is 18.9. The summed E-state index contributed by atoms with van der Waals surface area (Å²) in [6, 6.07) is 4.65. The van der Waals surface area contributed by atoms with E-state index >= 15 is 0 Å². The third kappa shape index (κ3) is 2.60. The van der Waals surface area contributed by atoms with Crippen LogP contribution in [0.2, 0.25) is 0 Å². The highest BCUT2D eigenvalue weighted by Crippen LogP contribution is 2.47. The van der Waals surface area contributed by atoms with Gasteiger partial charge in [0.15, 0.2) is 5.78 Å². The first-order valence-corrected chi connectivity index (χ1v) is 9.18. The van der Waals surface area contributed by atoms with Gasteiger partial charge in [0, 0.05) is 22.6 Å². The molecule has 150 valence electrons. The van der Waals surface area contributed by atoms with Crippen LogP contribution in [0.15, 0.2) is 23.3 Å². The van der Waals surface area contributed by atoms with Gasteiger partial charge in [-0.1, -0.05) is 12.1 Å². The number of aliphatic hydroxyl groups excluding tert-OH is 1. The van der Waals surface area contributed by atoms with Crippen molar-refractivity contribution in [1.82, 2.24) is 0 Å². The Balaban J connectivity index is 1.93. The van der Waals surface area contributed by atoms with Crippen molar-refractivity contribution in [2.75, 3.05) is 13.7 Å². The molecule has 8 nitrogen and oxygen atoms in total. The zero-order valence-electron chi connectivity index (χ0n) is 15.7. The van der Waals surface area contributed by atoms with Crippen LogP contribution in [0.25, 0.3) is 0 Å². The average Bonchev–Trinajstić information content (AvgIpc) is 2.74. The highest BCUT2D eigenvalue weighted by molar-refractivity contribution is 6.31. The van der Waals surface area contributed by atoms with Crippen molar-refractivity contribution in [2.24, 2.45) is 16.9 Å². The molecule has 2 aliphatic rings. The molecule has 0 unspecified atom stereocenters. The standard InChI is InChI=1S/C21H20N2O6/c1-29-14-4-2-3-11-15(14)21(28)17-16(19(11)26)20(27)12-7-9(13(8-24)23-22)5-6-10(12)18(17)25/h2-4,9,24-25,27H,5-8,22H2,1H3/b23-13+/t9-/m0/s1. The Labute approximate surface area is 166 Å². The Morgan fingerprint density at radius 2 is 1.83 bits per heavy atom. The van der Waals surface area contributed by atoms with Gasteiger partial charge >= 0.3 is 0 Å². The molecule has 8 heteroatoms. The van der Waals surface area contributed by atoms with E-state index in [9.17, 15) is 24.9 Å². The Morgan fingerprint density at radius 1 is 1.14 bits per heavy atom. The number of carbonyl (C=O) groups is 2. The number of phenols is 2. The van der Waals surface area contributed by atoms with Crippen LogP contribution in [0.5, 0.6) is 17.2 Å². The molecule has 0 aromatic heterocycles. The Kier molecular flexibility index (Phi) is 4.50. The number of methoxy groups -OCH3 is 1. The van der Waals surface area contributed by atoms with Crippen LogP contribution in [-0.4, -0.2) is 46.3 Å². The molecule has 0 spiro atoms. The fourth-order valence-corrected chi connectivity index (χ4v) is 4.37. The first-order chi connectivity index (χ1) is 13.9. The molecule has 0 saturated heterocycles. The van der Waals surface area contributed by atoms with E-state index < -0.39 is 11.6 Å². The van der Waals surface area contributed by atoms with Crippen molar-refractivity contribution in [1.29, 1.82) is 0 Å². The van der Waals surface area contributed by atoms with Crippen LogP contribution in [0.3, 0.4) is 0 Å². The van der Waals surface area contributed by atoms with E-state index in [4.69, 9.17) is 10.6 Å². The maximum atomic E-state index is 13.2. The zero-order valence-corrected chi connectivity index (χ0v) is 15.7. The summed E-state index contributed by atoms with van der Waals surface area (Å²) in [5.41, 5.74) is 0.965.